The van der Waals surface area contributed by atoms with Crippen LogP contribution in [0.25, 0.3) is 0 Å². The van der Waals surface area contributed by atoms with Gasteiger partial charge in [0.15, 0.2) is 5.75 Å². The number of ether oxygens (including phenoxy) is 2. The predicted molar refractivity (Wildman–Crippen MR) is 153 cm³/mol. The van der Waals surface area contributed by atoms with Gasteiger partial charge in [0, 0.05) is 11.4 Å². The molecule has 2 aromatic rings. The molecule has 1 unspecified atom stereocenters. The zero-order valence-corrected chi connectivity index (χ0v) is 23.1. The second-order valence-electron chi connectivity index (χ2n) is 9.58. The number of carbonyl (C=O) groups is 1. The molecule has 1 aliphatic carbocycles. The highest BCUT2D eigenvalue weighted by Gasteiger charge is 2.22. The van der Waals surface area contributed by atoms with Crippen LogP contribution in [0.1, 0.15) is 51.7 Å². The van der Waals surface area contributed by atoms with Gasteiger partial charge in [-0.25, -0.2) is 9.79 Å². The van der Waals surface area contributed by atoms with E-state index in [0.717, 1.165) is 39.6 Å². The van der Waals surface area contributed by atoms with E-state index < -0.39 is 11.7 Å². The number of amides is 1. The van der Waals surface area contributed by atoms with Crippen LogP contribution in [0.2, 0.25) is 0 Å². The SMILES string of the molecule is C/C=S1/NC(=NCc2cccc(CNC(=O)OC(C)(C)C)c2)Nc2c(OC3=C(Cl)CCC=C3)cccc21. The van der Waals surface area contributed by atoms with Crippen LogP contribution in [0.5, 0.6) is 5.75 Å². The van der Waals surface area contributed by atoms with Crippen molar-refractivity contribution in [2.45, 2.75) is 64.1 Å². The number of hydrogen-bond donors (Lipinski definition) is 3. The fraction of sp³-hybridized carbons (Fsp3) is 0.321. The lowest BCUT2D eigenvalue weighted by molar-refractivity contribution is 0.0523. The monoisotopic (exact) mass is 540 g/mol. The minimum Gasteiger partial charge on any atom is -0.454 e. The molecule has 37 heavy (non-hydrogen) atoms. The number of hydrogen-bond acceptors (Lipinski definition) is 4. The third kappa shape index (κ3) is 7.40. The molecule has 2 aromatic carbocycles. The van der Waals surface area contributed by atoms with Gasteiger partial charge in [-0.05, 0) is 75.2 Å². The molecule has 0 radical (unpaired) electrons. The number of nitrogens with one attached hydrogen (secondary N) is 3. The first-order valence-corrected chi connectivity index (χ1v) is 13.9. The van der Waals surface area contributed by atoms with Gasteiger partial charge in [0.1, 0.15) is 11.4 Å². The zero-order chi connectivity index (χ0) is 26.4. The van der Waals surface area contributed by atoms with Crippen molar-refractivity contribution in [1.82, 2.24) is 10.0 Å². The Balaban J connectivity index is 1.48. The van der Waals surface area contributed by atoms with Crippen molar-refractivity contribution >= 4 is 45.4 Å². The van der Waals surface area contributed by atoms with E-state index in [0.29, 0.717) is 30.6 Å². The normalized spacial score (nSPS) is 18.2. The highest BCUT2D eigenvalue weighted by molar-refractivity contribution is 8.14. The van der Waals surface area contributed by atoms with Crippen molar-refractivity contribution < 1.29 is 14.3 Å². The van der Waals surface area contributed by atoms with E-state index in [4.69, 9.17) is 26.1 Å². The molecule has 0 saturated heterocycles. The van der Waals surface area contributed by atoms with E-state index in [9.17, 15) is 4.79 Å². The Morgan fingerprint density at radius 3 is 2.76 bits per heavy atom. The molecule has 0 bridgehead atoms. The molecular formula is C28H33ClN4O3S. The number of carbonyl (C=O) groups excluding carboxylic acids is 1. The Hall–Kier alpha value is -3.23. The number of anilines is 1. The van der Waals surface area contributed by atoms with E-state index in [2.05, 4.69) is 32.9 Å². The summed E-state index contributed by atoms with van der Waals surface area (Å²) in [5, 5.41) is 9.06. The second kappa shape index (κ2) is 11.9. The summed E-state index contributed by atoms with van der Waals surface area (Å²) in [7, 11) is -0.338. The van der Waals surface area contributed by atoms with Crippen LogP contribution < -0.4 is 20.1 Å². The first-order valence-electron chi connectivity index (χ1n) is 12.2. The van der Waals surface area contributed by atoms with Crippen molar-refractivity contribution in [3.8, 4) is 5.75 Å². The van der Waals surface area contributed by atoms with Crippen LogP contribution >= 0.6 is 22.3 Å². The number of fused-ring (bicyclic) bond motifs is 1. The Bertz CT molecular complexity index is 1290. The number of halogens is 1. The number of benzene rings is 2. The van der Waals surface area contributed by atoms with E-state index in [1.165, 1.54) is 0 Å². The Morgan fingerprint density at radius 1 is 1.22 bits per heavy atom. The van der Waals surface area contributed by atoms with Gasteiger partial charge in [-0.3, -0.25) is 0 Å². The molecule has 9 heteroatoms. The van der Waals surface area contributed by atoms with E-state index >= 15 is 0 Å². The molecule has 196 valence electrons. The van der Waals surface area contributed by atoms with Gasteiger partial charge >= 0.3 is 6.09 Å². The van der Waals surface area contributed by atoms with E-state index in [1.54, 1.807) is 0 Å². The molecule has 2 aliphatic rings. The molecule has 0 spiro atoms. The second-order valence-corrected chi connectivity index (χ2v) is 11.8. The summed E-state index contributed by atoms with van der Waals surface area (Å²) in [4.78, 5) is 17.9. The maximum Gasteiger partial charge on any atom is 0.407 e. The number of aliphatic imine (C=N–C) groups is 1. The number of nitrogens with zero attached hydrogens (tertiary/aromatic N) is 1. The number of rotatable bonds is 6. The van der Waals surface area contributed by atoms with Crippen molar-refractivity contribution in [2.75, 3.05) is 5.32 Å². The van der Waals surface area contributed by atoms with Crippen molar-refractivity contribution in [3.05, 3.63) is 76.5 Å². The fourth-order valence-electron chi connectivity index (χ4n) is 3.78. The first-order chi connectivity index (χ1) is 17.7. The molecule has 0 fully saturated rings. The number of allylic oxidation sites excluding steroid dienone is 3. The molecule has 1 amide bonds. The van der Waals surface area contributed by atoms with Gasteiger partial charge in [0.25, 0.3) is 0 Å². The molecule has 4 rings (SSSR count). The lowest BCUT2D eigenvalue weighted by atomic mass is 10.1. The molecule has 1 heterocycles. The quantitative estimate of drug-likeness (QED) is 0.350. The van der Waals surface area contributed by atoms with Gasteiger partial charge in [-0.15, -0.1) is 0 Å². The van der Waals surface area contributed by atoms with Crippen molar-refractivity contribution in [2.24, 2.45) is 4.99 Å². The van der Waals surface area contributed by atoms with Crippen molar-refractivity contribution in [3.63, 3.8) is 0 Å². The number of guanidine groups is 1. The van der Waals surface area contributed by atoms with Crippen molar-refractivity contribution in [1.29, 1.82) is 0 Å². The third-order valence-electron chi connectivity index (χ3n) is 5.44. The highest BCUT2D eigenvalue weighted by atomic mass is 35.5. The maximum atomic E-state index is 12.0. The highest BCUT2D eigenvalue weighted by Crippen LogP contribution is 2.41. The van der Waals surface area contributed by atoms with Gasteiger partial charge in [0.2, 0.25) is 5.96 Å². The topological polar surface area (TPSA) is 84.0 Å². The first kappa shape index (κ1) is 26.8. The molecular weight excluding hydrogens is 508 g/mol. The summed E-state index contributed by atoms with van der Waals surface area (Å²) in [6.45, 7) is 8.40. The summed E-state index contributed by atoms with van der Waals surface area (Å²) in [5.41, 5.74) is 2.35. The Kier molecular flexibility index (Phi) is 8.61. The molecule has 0 saturated carbocycles. The molecule has 0 aromatic heterocycles. The average Bonchev–Trinajstić information content (AvgIpc) is 2.86. The van der Waals surface area contributed by atoms with Crippen LogP contribution in [-0.2, 0) is 17.8 Å². The third-order valence-corrected chi connectivity index (χ3v) is 7.52. The van der Waals surface area contributed by atoms with E-state index in [-0.39, 0.29) is 10.7 Å². The van der Waals surface area contributed by atoms with Crippen LogP contribution in [0.4, 0.5) is 10.5 Å². The largest absolute Gasteiger partial charge is 0.454 e. The summed E-state index contributed by atoms with van der Waals surface area (Å²) in [6, 6.07) is 14.0. The van der Waals surface area contributed by atoms with Gasteiger partial charge in [-0.2, -0.15) is 0 Å². The number of para-hydroxylation sites is 1. The summed E-state index contributed by atoms with van der Waals surface area (Å²) in [5.74, 6) is 2.06. The van der Waals surface area contributed by atoms with Crippen LogP contribution in [0, 0.1) is 0 Å². The zero-order valence-electron chi connectivity index (χ0n) is 21.6. The minimum absolute atomic E-state index is 0.338. The minimum atomic E-state index is -0.531. The fourth-order valence-corrected chi connectivity index (χ4v) is 5.39. The number of alkyl carbamates (subject to hydrolysis) is 1. The average molecular weight is 541 g/mol. The summed E-state index contributed by atoms with van der Waals surface area (Å²) >= 11 is 6.41. The summed E-state index contributed by atoms with van der Waals surface area (Å²) < 4.78 is 15.0. The molecule has 1 aliphatic heterocycles. The van der Waals surface area contributed by atoms with Gasteiger partial charge in [0.05, 0.1) is 17.3 Å². The van der Waals surface area contributed by atoms with Gasteiger partial charge in [-0.1, -0.05) is 58.7 Å². The Morgan fingerprint density at radius 2 is 2.00 bits per heavy atom. The summed E-state index contributed by atoms with van der Waals surface area (Å²) in [6.07, 6.45) is 5.26. The standard InChI is InChI=1S/C28H33ClN4O3S/c1-5-37-24-15-9-14-23(35-22-13-7-6-12-21(22)29)25(24)32-26(33-37)30-17-19-10-8-11-20(16-19)18-31-27(34)36-28(2,3)4/h5,7-11,13-16H,6,12,17-18H2,1-4H3,(H,31,34)(H2,30,32,33). The predicted octanol–water partition coefficient (Wildman–Crippen LogP) is 6.83. The van der Waals surface area contributed by atoms with Gasteiger partial charge < -0.3 is 24.8 Å². The van der Waals surface area contributed by atoms with Crippen LogP contribution in [-0.4, -0.2) is 23.0 Å². The lowest BCUT2D eigenvalue weighted by Gasteiger charge is -2.27. The van der Waals surface area contributed by atoms with Crippen LogP contribution in [0.15, 0.2) is 75.3 Å². The molecule has 1 atom stereocenters. The lowest BCUT2D eigenvalue weighted by Crippen LogP contribution is -2.32. The maximum absolute atomic E-state index is 12.0. The smallest absolute Gasteiger partial charge is 0.407 e. The Labute approximate surface area is 226 Å². The van der Waals surface area contributed by atoms with Crippen LogP contribution in [0.3, 0.4) is 0 Å². The molecule has 3 N–H and O–H groups in total. The molecule has 7 nitrogen and oxygen atoms in total. The van der Waals surface area contributed by atoms with E-state index in [1.807, 2.05) is 70.2 Å².